The highest BCUT2D eigenvalue weighted by Gasteiger charge is 2.19. The molecule has 0 N–H and O–H groups in total. The molecule has 0 bridgehead atoms. The van der Waals surface area contributed by atoms with Crippen molar-refractivity contribution in [3.05, 3.63) is 113 Å². The number of piperidine rings is 1. The second-order valence-corrected chi connectivity index (χ2v) is 11.1. The molecule has 0 radical (unpaired) electrons. The maximum Gasteiger partial charge on any atom is 0.0233 e. The summed E-state index contributed by atoms with van der Waals surface area (Å²) in [6.45, 7) is 20.8. The average molecular weight is 540 g/mol. The Balaban J connectivity index is 0.000000428. The lowest BCUT2D eigenvalue weighted by atomic mass is 9.88. The average Bonchev–Trinajstić information content (AvgIpc) is 3.01. The van der Waals surface area contributed by atoms with Crippen LogP contribution in [0.2, 0.25) is 0 Å². The van der Waals surface area contributed by atoms with Gasteiger partial charge in [-0.3, -0.25) is 4.90 Å². The number of allylic oxidation sites excluding steroid dienone is 1. The van der Waals surface area contributed by atoms with Gasteiger partial charge in [0.25, 0.3) is 0 Å². The van der Waals surface area contributed by atoms with E-state index in [2.05, 4.69) is 112 Å². The van der Waals surface area contributed by atoms with Gasteiger partial charge in [0.15, 0.2) is 0 Å². The maximum atomic E-state index is 4.44. The summed E-state index contributed by atoms with van der Waals surface area (Å²) in [5, 5.41) is 0. The largest absolute Gasteiger partial charge is 0.299 e. The summed E-state index contributed by atoms with van der Waals surface area (Å²) in [7, 11) is 0. The summed E-state index contributed by atoms with van der Waals surface area (Å²) in [4.78, 5) is 2.61. The van der Waals surface area contributed by atoms with Gasteiger partial charge >= 0.3 is 0 Å². The Morgan fingerprint density at radius 2 is 1.48 bits per heavy atom. The molecule has 40 heavy (non-hydrogen) atoms. The summed E-state index contributed by atoms with van der Waals surface area (Å²) < 4.78 is 0. The topological polar surface area (TPSA) is 3.24 Å². The van der Waals surface area contributed by atoms with Crippen molar-refractivity contribution < 1.29 is 0 Å². The molecule has 4 rings (SSSR count). The highest BCUT2D eigenvalue weighted by molar-refractivity contribution is 5.64. The summed E-state index contributed by atoms with van der Waals surface area (Å²) in [6.07, 6.45) is 11.1. The lowest BCUT2D eigenvalue weighted by molar-refractivity contribution is 0.173. The van der Waals surface area contributed by atoms with Gasteiger partial charge in [-0.15, -0.1) is 0 Å². The number of aryl methyl sites for hydroxylation is 4. The molecule has 0 unspecified atom stereocenters. The molecular weight excluding hydrogens is 482 g/mol. The van der Waals surface area contributed by atoms with E-state index < -0.39 is 0 Å². The standard InChI is InChI=1S/C28H39N.C9H12.C2H6/c1-4-6-12-27-15-16-28(21-26(27)5-2)23(3)13-14-24-17-19-29(20-18-24)22-25-10-8-7-9-11-25;1-3-9-6-4-8(2)5-7-9;1-2/h7-11,15-16,21,24H,3-6,12-14,17-20,22H2,1-2H3;4-7H,3H2,1-2H3;1-2H3. The fraction of sp³-hybridized carbons (Fsp3) is 0.487. The molecule has 0 atom stereocenters. The van der Waals surface area contributed by atoms with Crippen molar-refractivity contribution >= 4 is 5.57 Å². The molecule has 0 amide bonds. The number of likely N-dealkylation sites (tertiary alicyclic amines) is 1. The van der Waals surface area contributed by atoms with Crippen molar-refractivity contribution in [3.63, 3.8) is 0 Å². The van der Waals surface area contributed by atoms with Crippen LogP contribution in [0.4, 0.5) is 0 Å². The van der Waals surface area contributed by atoms with E-state index in [9.17, 15) is 0 Å². The van der Waals surface area contributed by atoms with Crippen molar-refractivity contribution in [2.24, 2.45) is 5.92 Å². The van der Waals surface area contributed by atoms with Crippen molar-refractivity contribution in [1.82, 2.24) is 4.90 Å². The lowest BCUT2D eigenvalue weighted by Gasteiger charge is -2.32. The maximum absolute atomic E-state index is 4.44. The molecule has 1 fully saturated rings. The van der Waals surface area contributed by atoms with Gasteiger partial charge in [0, 0.05) is 6.54 Å². The lowest BCUT2D eigenvalue weighted by Crippen LogP contribution is -2.33. The third kappa shape index (κ3) is 11.8. The first-order chi connectivity index (χ1) is 19.5. The third-order valence-corrected chi connectivity index (χ3v) is 8.13. The van der Waals surface area contributed by atoms with Crippen LogP contribution in [0.3, 0.4) is 0 Å². The van der Waals surface area contributed by atoms with E-state index in [1.54, 1.807) is 0 Å². The fourth-order valence-corrected chi connectivity index (χ4v) is 5.41. The van der Waals surface area contributed by atoms with Crippen molar-refractivity contribution in [3.8, 4) is 0 Å². The van der Waals surface area contributed by atoms with Crippen LogP contribution < -0.4 is 0 Å². The van der Waals surface area contributed by atoms with Gasteiger partial charge in [0.2, 0.25) is 0 Å². The van der Waals surface area contributed by atoms with Crippen LogP contribution in [0.5, 0.6) is 0 Å². The second kappa shape index (κ2) is 19.4. The molecule has 0 saturated carbocycles. The van der Waals surface area contributed by atoms with E-state index in [-0.39, 0.29) is 0 Å². The highest BCUT2D eigenvalue weighted by Crippen LogP contribution is 2.28. The van der Waals surface area contributed by atoms with E-state index in [4.69, 9.17) is 0 Å². The first kappa shape index (κ1) is 33.6. The van der Waals surface area contributed by atoms with Crippen LogP contribution in [0.25, 0.3) is 5.57 Å². The predicted molar refractivity (Wildman–Crippen MR) is 179 cm³/mol. The van der Waals surface area contributed by atoms with Gasteiger partial charge in [-0.1, -0.05) is 126 Å². The fourth-order valence-electron chi connectivity index (χ4n) is 5.41. The number of hydrogen-bond donors (Lipinski definition) is 0. The summed E-state index contributed by atoms with van der Waals surface area (Å²) in [5.41, 5.74) is 9.95. The molecule has 1 saturated heterocycles. The van der Waals surface area contributed by atoms with Crippen molar-refractivity contribution in [1.29, 1.82) is 0 Å². The van der Waals surface area contributed by atoms with Gasteiger partial charge in [-0.25, -0.2) is 0 Å². The normalized spacial score (nSPS) is 13.6. The minimum Gasteiger partial charge on any atom is -0.299 e. The Morgan fingerprint density at radius 3 is 2.08 bits per heavy atom. The minimum atomic E-state index is 0.855. The van der Waals surface area contributed by atoms with Crippen LogP contribution in [0.1, 0.15) is 107 Å². The van der Waals surface area contributed by atoms with Gasteiger partial charge in [0.05, 0.1) is 0 Å². The molecule has 1 aliphatic heterocycles. The zero-order valence-electron chi connectivity index (χ0n) is 26.6. The first-order valence-corrected chi connectivity index (χ1v) is 16.1. The van der Waals surface area contributed by atoms with Gasteiger partial charge < -0.3 is 0 Å². The van der Waals surface area contributed by atoms with Gasteiger partial charge in [0.1, 0.15) is 0 Å². The third-order valence-electron chi connectivity index (χ3n) is 8.13. The van der Waals surface area contributed by atoms with Crippen molar-refractivity contribution in [2.75, 3.05) is 13.1 Å². The zero-order valence-corrected chi connectivity index (χ0v) is 26.6. The Morgan fingerprint density at radius 1 is 0.800 bits per heavy atom. The molecule has 218 valence electrons. The summed E-state index contributed by atoms with van der Waals surface area (Å²) in [5.74, 6) is 0.855. The molecule has 3 aromatic rings. The van der Waals surface area contributed by atoms with Crippen molar-refractivity contribution in [2.45, 2.75) is 106 Å². The monoisotopic (exact) mass is 539 g/mol. The van der Waals surface area contributed by atoms with Crippen LogP contribution in [0, 0.1) is 12.8 Å². The van der Waals surface area contributed by atoms with Crippen LogP contribution in [0.15, 0.2) is 79.4 Å². The van der Waals surface area contributed by atoms with E-state index in [1.807, 2.05) is 13.8 Å². The summed E-state index contributed by atoms with van der Waals surface area (Å²) >= 11 is 0. The van der Waals surface area contributed by atoms with Crippen LogP contribution in [-0.2, 0) is 25.8 Å². The molecule has 3 aromatic carbocycles. The molecule has 1 heterocycles. The SMILES string of the molecule is C=C(CCC1CCN(Cc2ccccc2)CC1)c1ccc(CCCC)c(CC)c1.CC.CCc1ccc(C)cc1. The highest BCUT2D eigenvalue weighted by atomic mass is 15.1. The van der Waals surface area contributed by atoms with Gasteiger partial charge in [-0.05, 0) is 111 Å². The Hall–Kier alpha value is -2.64. The molecule has 0 aliphatic carbocycles. The van der Waals surface area contributed by atoms with E-state index in [1.165, 1.54) is 90.6 Å². The molecular formula is C39H57N. The molecule has 1 heteroatoms. The predicted octanol–water partition coefficient (Wildman–Crippen LogP) is 10.9. The number of rotatable bonds is 11. The Kier molecular flexibility index (Phi) is 16.3. The van der Waals surface area contributed by atoms with E-state index in [0.29, 0.717) is 0 Å². The van der Waals surface area contributed by atoms with Crippen LogP contribution in [-0.4, -0.2) is 18.0 Å². The first-order valence-electron chi connectivity index (χ1n) is 16.1. The number of hydrogen-bond acceptors (Lipinski definition) is 1. The van der Waals surface area contributed by atoms with Crippen LogP contribution >= 0.6 is 0 Å². The second-order valence-electron chi connectivity index (χ2n) is 11.1. The number of unbranched alkanes of at least 4 members (excludes halogenated alkanes) is 1. The Labute approximate surface area is 247 Å². The molecule has 1 nitrogen and oxygen atoms in total. The van der Waals surface area contributed by atoms with E-state index in [0.717, 1.165) is 31.7 Å². The van der Waals surface area contributed by atoms with E-state index >= 15 is 0 Å². The zero-order chi connectivity index (χ0) is 29.2. The Bertz CT molecular complexity index is 1070. The molecule has 1 aliphatic rings. The van der Waals surface area contributed by atoms with Gasteiger partial charge in [-0.2, -0.15) is 0 Å². The molecule has 0 spiro atoms. The number of benzene rings is 3. The summed E-state index contributed by atoms with van der Waals surface area (Å²) in [6, 6.07) is 26.6. The minimum absolute atomic E-state index is 0.855. The number of nitrogens with zero attached hydrogens (tertiary/aromatic N) is 1. The quantitative estimate of drug-likeness (QED) is 0.234. The molecule has 0 aromatic heterocycles. The smallest absolute Gasteiger partial charge is 0.0233 e.